The molecule has 0 saturated heterocycles. The minimum atomic E-state index is -0.933. The van der Waals surface area contributed by atoms with Crippen LogP contribution in [0, 0.1) is 11.6 Å². The summed E-state index contributed by atoms with van der Waals surface area (Å²) in [5.74, 6) is -1.98. The van der Waals surface area contributed by atoms with Gasteiger partial charge < -0.3 is 10.6 Å². The van der Waals surface area contributed by atoms with Crippen LogP contribution in [-0.4, -0.2) is 30.4 Å². The lowest BCUT2D eigenvalue weighted by molar-refractivity contribution is -0.130. The number of hydrogen-bond acceptors (Lipinski definition) is 2. The molecule has 0 bridgehead atoms. The summed E-state index contributed by atoms with van der Waals surface area (Å²) in [5.41, 5.74) is 5.84. The van der Waals surface area contributed by atoms with Crippen molar-refractivity contribution in [1.29, 1.82) is 0 Å². The first-order valence-electron chi connectivity index (χ1n) is 5.50. The van der Waals surface area contributed by atoms with E-state index in [1.807, 2.05) is 6.92 Å². The lowest BCUT2D eigenvalue weighted by atomic mass is 10.1. The third-order valence-corrected chi connectivity index (χ3v) is 2.47. The predicted octanol–water partition coefficient (Wildman–Crippen LogP) is 1.31. The minimum absolute atomic E-state index is 0.0606. The molecule has 0 heterocycles. The maximum Gasteiger partial charge on any atom is 0.227 e. The Morgan fingerprint density at radius 1 is 1.35 bits per heavy atom. The van der Waals surface area contributed by atoms with Crippen LogP contribution in [-0.2, 0) is 11.2 Å². The molecule has 2 N–H and O–H groups in total. The second kappa shape index (κ2) is 6.30. The number of amides is 1. The number of likely N-dealkylation sites (N-methyl/N-ethyl adjacent to an activating group) is 1. The zero-order valence-electron chi connectivity index (χ0n) is 9.75. The summed E-state index contributed by atoms with van der Waals surface area (Å²) >= 11 is 0. The molecule has 0 aliphatic heterocycles. The van der Waals surface area contributed by atoms with Crippen molar-refractivity contribution in [1.82, 2.24) is 4.90 Å². The smallest absolute Gasteiger partial charge is 0.227 e. The van der Waals surface area contributed by atoms with E-state index in [2.05, 4.69) is 0 Å². The number of nitrogens with two attached hydrogens (primary N) is 1. The Hall–Kier alpha value is -1.49. The largest absolute Gasteiger partial charge is 0.341 e. The van der Waals surface area contributed by atoms with Gasteiger partial charge in [-0.2, -0.15) is 0 Å². The molecule has 0 aromatic heterocycles. The lowest BCUT2D eigenvalue weighted by Crippen LogP contribution is -2.36. The molecule has 0 radical (unpaired) electrons. The first-order valence-corrected chi connectivity index (χ1v) is 5.50. The first-order chi connectivity index (χ1) is 8.08. The van der Waals surface area contributed by atoms with Gasteiger partial charge in [0, 0.05) is 19.6 Å². The number of nitrogens with zero attached hydrogens (tertiary/aromatic N) is 1. The quantitative estimate of drug-likeness (QED) is 0.846. The molecular formula is C12H16F2N2O. The molecule has 17 heavy (non-hydrogen) atoms. The van der Waals surface area contributed by atoms with Gasteiger partial charge >= 0.3 is 0 Å². The van der Waals surface area contributed by atoms with E-state index in [4.69, 9.17) is 5.73 Å². The fraction of sp³-hybridized carbons (Fsp3) is 0.417. The topological polar surface area (TPSA) is 46.3 Å². The zero-order chi connectivity index (χ0) is 12.8. The third-order valence-electron chi connectivity index (χ3n) is 2.47. The average molecular weight is 242 g/mol. The molecule has 0 unspecified atom stereocenters. The van der Waals surface area contributed by atoms with Crippen LogP contribution < -0.4 is 5.73 Å². The summed E-state index contributed by atoms with van der Waals surface area (Å²) in [7, 11) is 0. The van der Waals surface area contributed by atoms with E-state index in [0.717, 1.165) is 12.1 Å². The van der Waals surface area contributed by atoms with E-state index < -0.39 is 11.6 Å². The molecule has 0 aliphatic carbocycles. The minimum Gasteiger partial charge on any atom is -0.341 e. The Balaban J connectivity index is 2.69. The second-order valence-corrected chi connectivity index (χ2v) is 3.69. The van der Waals surface area contributed by atoms with Crippen LogP contribution in [0.2, 0.25) is 0 Å². The monoisotopic (exact) mass is 242 g/mol. The molecule has 1 aromatic carbocycles. The van der Waals surface area contributed by atoms with E-state index in [-0.39, 0.29) is 12.3 Å². The Bertz CT molecular complexity index is 396. The third kappa shape index (κ3) is 3.78. The zero-order valence-corrected chi connectivity index (χ0v) is 9.75. The normalized spacial score (nSPS) is 10.4. The van der Waals surface area contributed by atoms with Crippen molar-refractivity contribution in [3.05, 3.63) is 35.4 Å². The molecule has 5 heteroatoms. The molecular weight excluding hydrogens is 226 g/mol. The molecule has 1 rings (SSSR count). The SMILES string of the molecule is CCN(CCN)C(=O)Cc1ccc(F)c(F)c1. The molecule has 1 amide bonds. The van der Waals surface area contributed by atoms with Crippen LogP contribution in [0.5, 0.6) is 0 Å². The molecule has 0 spiro atoms. The van der Waals surface area contributed by atoms with Gasteiger partial charge in [0.15, 0.2) is 11.6 Å². The number of halogens is 2. The highest BCUT2D eigenvalue weighted by Gasteiger charge is 2.12. The molecule has 1 aromatic rings. The standard InChI is InChI=1S/C12H16F2N2O/c1-2-16(6-5-15)12(17)8-9-3-4-10(13)11(14)7-9/h3-4,7H,2,5-6,8,15H2,1H3. The van der Waals surface area contributed by atoms with Crippen molar-refractivity contribution >= 4 is 5.91 Å². The van der Waals surface area contributed by atoms with Gasteiger partial charge in [-0.15, -0.1) is 0 Å². The van der Waals surface area contributed by atoms with Crippen molar-refractivity contribution in [2.75, 3.05) is 19.6 Å². The van der Waals surface area contributed by atoms with Crippen LogP contribution in [0.4, 0.5) is 8.78 Å². The van der Waals surface area contributed by atoms with E-state index in [0.29, 0.717) is 25.2 Å². The highest BCUT2D eigenvalue weighted by atomic mass is 19.2. The van der Waals surface area contributed by atoms with Gasteiger partial charge in [0.2, 0.25) is 5.91 Å². The first kappa shape index (κ1) is 13.6. The van der Waals surface area contributed by atoms with Gasteiger partial charge in [0.25, 0.3) is 0 Å². The van der Waals surface area contributed by atoms with E-state index in [9.17, 15) is 13.6 Å². The predicted molar refractivity (Wildman–Crippen MR) is 61.4 cm³/mol. The Kier molecular flexibility index (Phi) is 5.03. The Labute approximate surface area is 99.2 Å². The number of hydrogen-bond donors (Lipinski definition) is 1. The highest BCUT2D eigenvalue weighted by Crippen LogP contribution is 2.10. The Morgan fingerprint density at radius 2 is 2.06 bits per heavy atom. The maximum atomic E-state index is 12.9. The molecule has 94 valence electrons. The van der Waals surface area contributed by atoms with Crippen molar-refractivity contribution in [3.8, 4) is 0 Å². The van der Waals surface area contributed by atoms with E-state index in [1.165, 1.54) is 6.07 Å². The summed E-state index contributed by atoms with van der Waals surface area (Å²) in [6.45, 7) is 3.26. The van der Waals surface area contributed by atoms with Crippen molar-refractivity contribution in [2.45, 2.75) is 13.3 Å². The molecule has 0 atom stereocenters. The Morgan fingerprint density at radius 3 is 2.59 bits per heavy atom. The van der Waals surface area contributed by atoms with Crippen LogP contribution in [0.15, 0.2) is 18.2 Å². The van der Waals surface area contributed by atoms with Gasteiger partial charge in [-0.25, -0.2) is 8.78 Å². The fourth-order valence-corrected chi connectivity index (χ4v) is 1.55. The molecule has 0 saturated carbocycles. The summed E-state index contributed by atoms with van der Waals surface area (Å²) in [6, 6.07) is 3.48. The fourth-order valence-electron chi connectivity index (χ4n) is 1.55. The summed E-state index contributed by atoms with van der Waals surface area (Å²) < 4.78 is 25.6. The van der Waals surface area contributed by atoms with Gasteiger partial charge in [0.05, 0.1) is 6.42 Å². The van der Waals surface area contributed by atoms with Crippen molar-refractivity contribution < 1.29 is 13.6 Å². The second-order valence-electron chi connectivity index (χ2n) is 3.69. The highest BCUT2D eigenvalue weighted by molar-refractivity contribution is 5.78. The van der Waals surface area contributed by atoms with Crippen molar-refractivity contribution in [3.63, 3.8) is 0 Å². The van der Waals surface area contributed by atoms with Crippen molar-refractivity contribution in [2.24, 2.45) is 5.73 Å². The van der Waals surface area contributed by atoms with Crippen LogP contribution >= 0.6 is 0 Å². The van der Waals surface area contributed by atoms with Gasteiger partial charge in [-0.3, -0.25) is 4.79 Å². The van der Waals surface area contributed by atoms with E-state index >= 15 is 0 Å². The molecule has 0 fully saturated rings. The molecule has 3 nitrogen and oxygen atoms in total. The number of rotatable bonds is 5. The van der Waals surface area contributed by atoms with Gasteiger partial charge in [-0.1, -0.05) is 6.07 Å². The number of benzene rings is 1. The van der Waals surface area contributed by atoms with Gasteiger partial charge in [0.1, 0.15) is 0 Å². The average Bonchev–Trinajstić information content (AvgIpc) is 2.30. The summed E-state index contributed by atoms with van der Waals surface area (Å²) in [5, 5.41) is 0. The summed E-state index contributed by atoms with van der Waals surface area (Å²) in [6.07, 6.45) is 0.0606. The number of carbonyl (C=O) groups excluding carboxylic acids is 1. The van der Waals surface area contributed by atoms with Gasteiger partial charge in [-0.05, 0) is 24.6 Å². The summed E-state index contributed by atoms with van der Waals surface area (Å²) in [4.78, 5) is 13.4. The maximum absolute atomic E-state index is 12.9. The lowest BCUT2D eigenvalue weighted by Gasteiger charge is -2.19. The molecule has 0 aliphatic rings. The van der Waals surface area contributed by atoms with Crippen LogP contribution in [0.25, 0.3) is 0 Å². The van der Waals surface area contributed by atoms with Crippen LogP contribution in [0.3, 0.4) is 0 Å². The number of carbonyl (C=O) groups is 1. The van der Waals surface area contributed by atoms with Crippen LogP contribution in [0.1, 0.15) is 12.5 Å². The van der Waals surface area contributed by atoms with E-state index in [1.54, 1.807) is 4.90 Å².